The fraction of sp³-hybridized carbons (Fsp3) is 0.333. The Balaban J connectivity index is 3.38. The Bertz CT molecular complexity index is 341. The van der Waals surface area contributed by atoms with Gasteiger partial charge in [0.05, 0.1) is 18.7 Å². The van der Waals surface area contributed by atoms with E-state index < -0.39 is 6.67 Å². The van der Waals surface area contributed by atoms with Gasteiger partial charge in [0.25, 0.3) is 0 Å². The third-order valence-corrected chi connectivity index (χ3v) is 2.69. The molecule has 0 amide bonds. The van der Waals surface area contributed by atoms with Gasteiger partial charge in [-0.05, 0) is 15.9 Å². The van der Waals surface area contributed by atoms with Gasteiger partial charge in [-0.3, -0.25) is 0 Å². The van der Waals surface area contributed by atoms with Crippen LogP contribution in [0.2, 0.25) is 0 Å². The highest BCUT2D eigenvalue weighted by Gasteiger charge is 2.16. The first-order chi connectivity index (χ1) is 6.65. The maximum Gasteiger partial charge on any atom is 0.172 e. The number of phenolic OH excluding ortho intramolecular Hbond substituents is 1. The number of hydrogen-bond acceptors (Lipinski definition) is 3. The Morgan fingerprint density at radius 3 is 2.36 bits per heavy atom. The molecule has 0 saturated heterocycles. The van der Waals surface area contributed by atoms with E-state index >= 15 is 0 Å². The zero-order valence-electron chi connectivity index (χ0n) is 7.80. The van der Waals surface area contributed by atoms with Crippen LogP contribution in [0.3, 0.4) is 0 Å². The van der Waals surface area contributed by atoms with E-state index in [1.165, 1.54) is 20.3 Å². The van der Waals surface area contributed by atoms with Gasteiger partial charge in [-0.15, -0.1) is 0 Å². The molecule has 1 rings (SSSR count). The summed E-state index contributed by atoms with van der Waals surface area (Å²) < 4.78 is 22.7. The van der Waals surface area contributed by atoms with Gasteiger partial charge in [-0.25, -0.2) is 4.39 Å². The molecule has 0 aliphatic heterocycles. The van der Waals surface area contributed by atoms with Gasteiger partial charge in [0.1, 0.15) is 12.4 Å². The Kier molecular flexibility index (Phi) is 3.57. The zero-order valence-corrected chi connectivity index (χ0v) is 9.39. The van der Waals surface area contributed by atoms with Crippen LogP contribution in [-0.2, 0) is 6.67 Å². The van der Waals surface area contributed by atoms with Crippen LogP contribution in [0.15, 0.2) is 10.5 Å². The molecule has 0 saturated carbocycles. The molecule has 1 N–H and O–H groups in total. The molecule has 3 nitrogen and oxygen atoms in total. The molecule has 0 radical (unpaired) electrons. The largest absolute Gasteiger partial charge is 0.503 e. The minimum absolute atomic E-state index is 0.124. The molecule has 0 aliphatic rings. The fourth-order valence-electron chi connectivity index (χ4n) is 1.10. The number of methoxy groups -OCH3 is 2. The number of phenols is 1. The van der Waals surface area contributed by atoms with Gasteiger partial charge >= 0.3 is 0 Å². The van der Waals surface area contributed by atoms with Crippen molar-refractivity contribution in [1.29, 1.82) is 0 Å². The summed E-state index contributed by atoms with van der Waals surface area (Å²) >= 11 is 3.07. The summed E-state index contributed by atoms with van der Waals surface area (Å²) in [5.74, 6) is 0.459. The van der Waals surface area contributed by atoms with Crippen LogP contribution in [0, 0.1) is 0 Å². The number of aromatic hydroxyl groups is 1. The molecule has 14 heavy (non-hydrogen) atoms. The lowest BCUT2D eigenvalue weighted by atomic mass is 10.2. The smallest absolute Gasteiger partial charge is 0.172 e. The normalized spacial score (nSPS) is 10.0. The van der Waals surface area contributed by atoms with E-state index in [2.05, 4.69) is 15.9 Å². The first-order valence-electron chi connectivity index (χ1n) is 3.84. The Morgan fingerprint density at radius 2 is 1.93 bits per heavy atom. The molecule has 1 aromatic rings. The number of hydrogen-bond donors (Lipinski definition) is 1. The van der Waals surface area contributed by atoms with Crippen molar-refractivity contribution >= 4 is 15.9 Å². The van der Waals surface area contributed by atoms with E-state index in [1.807, 2.05) is 0 Å². The number of alkyl halides is 1. The summed E-state index contributed by atoms with van der Waals surface area (Å²) in [7, 11) is 2.84. The Labute approximate surface area is 89.6 Å². The van der Waals surface area contributed by atoms with E-state index in [9.17, 15) is 9.50 Å². The van der Waals surface area contributed by atoms with Crippen molar-refractivity contribution in [3.63, 3.8) is 0 Å². The molecule has 0 atom stereocenters. The molecular weight excluding hydrogens is 255 g/mol. The molecule has 0 bridgehead atoms. The van der Waals surface area contributed by atoms with E-state index in [1.54, 1.807) is 0 Å². The second-order valence-electron chi connectivity index (χ2n) is 2.56. The van der Waals surface area contributed by atoms with Gasteiger partial charge in [0.2, 0.25) is 0 Å². The number of halogens is 2. The molecule has 0 fully saturated rings. The highest BCUT2D eigenvalue weighted by molar-refractivity contribution is 9.10. The molecule has 5 heteroatoms. The maximum absolute atomic E-state index is 12.6. The van der Waals surface area contributed by atoms with Gasteiger partial charge in [0, 0.05) is 11.6 Å². The van der Waals surface area contributed by atoms with Crippen LogP contribution >= 0.6 is 15.9 Å². The quantitative estimate of drug-likeness (QED) is 0.913. The molecule has 0 aliphatic carbocycles. The average Bonchev–Trinajstić information content (AvgIpc) is 2.21. The Hall–Kier alpha value is -0.970. The Morgan fingerprint density at radius 1 is 1.36 bits per heavy atom. The SMILES string of the molecule is COc1cc(OC)c(CF)c(Br)c1O. The minimum atomic E-state index is -0.721. The molecule has 0 spiro atoms. The second kappa shape index (κ2) is 4.50. The first-order valence-corrected chi connectivity index (χ1v) is 4.63. The van der Waals surface area contributed by atoms with Crippen molar-refractivity contribution in [1.82, 2.24) is 0 Å². The van der Waals surface area contributed by atoms with Crippen LogP contribution in [0.4, 0.5) is 4.39 Å². The number of rotatable bonds is 3. The van der Waals surface area contributed by atoms with E-state index in [0.29, 0.717) is 5.75 Å². The first kappa shape index (κ1) is 11.1. The summed E-state index contributed by atoms with van der Waals surface area (Å²) in [4.78, 5) is 0. The summed E-state index contributed by atoms with van der Waals surface area (Å²) in [6, 6.07) is 1.44. The third kappa shape index (κ3) is 1.77. The lowest BCUT2D eigenvalue weighted by molar-refractivity contribution is 0.355. The fourth-order valence-corrected chi connectivity index (χ4v) is 1.59. The third-order valence-electron chi connectivity index (χ3n) is 1.84. The van der Waals surface area contributed by atoms with Gasteiger partial charge in [-0.2, -0.15) is 0 Å². The van der Waals surface area contributed by atoms with Crippen LogP contribution < -0.4 is 9.47 Å². The molecule has 1 aromatic carbocycles. The summed E-state index contributed by atoms with van der Waals surface area (Å²) in [6.07, 6.45) is 0. The van der Waals surface area contributed by atoms with Crippen molar-refractivity contribution in [3.8, 4) is 17.2 Å². The summed E-state index contributed by atoms with van der Waals surface area (Å²) in [5.41, 5.74) is 0.269. The van der Waals surface area contributed by atoms with E-state index in [4.69, 9.17) is 9.47 Å². The standard InChI is InChI=1S/C9H10BrFO3/c1-13-6-3-7(14-2)9(12)8(10)5(6)4-11/h3,12H,4H2,1-2H3. The molecule has 0 unspecified atom stereocenters. The van der Waals surface area contributed by atoms with Gasteiger partial charge < -0.3 is 14.6 Å². The van der Waals surface area contributed by atoms with Crippen molar-refractivity contribution < 1.29 is 19.0 Å². The van der Waals surface area contributed by atoms with Crippen molar-refractivity contribution in [3.05, 3.63) is 16.1 Å². The highest BCUT2D eigenvalue weighted by atomic mass is 79.9. The van der Waals surface area contributed by atoms with Crippen LogP contribution in [0.25, 0.3) is 0 Å². The topological polar surface area (TPSA) is 38.7 Å². The lowest BCUT2D eigenvalue weighted by Crippen LogP contribution is -1.94. The summed E-state index contributed by atoms with van der Waals surface area (Å²) in [6.45, 7) is -0.721. The molecule has 0 heterocycles. The van der Waals surface area contributed by atoms with E-state index in [-0.39, 0.29) is 21.5 Å². The van der Waals surface area contributed by atoms with Crippen molar-refractivity contribution in [2.45, 2.75) is 6.67 Å². The second-order valence-corrected chi connectivity index (χ2v) is 3.35. The van der Waals surface area contributed by atoms with Crippen LogP contribution in [0.1, 0.15) is 5.56 Å². The zero-order chi connectivity index (χ0) is 10.7. The maximum atomic E-state index is 12.6. The van der Waals surface area contributed by atoms with Crippen molar-refractivity contribution in [2.75, 3.05) is 14.2 Å². The lowest BCUT2D eigenvalue weighted by Gasteiger charge is -2.12. The average molecular weight is 265 g/mol. The van der Waals surface area contributed by atoms with Gasteiger partial charge in [0.15, 0.2) is 11.5 Å². The van der Waals surface area contributed by atoms with E-state index in [0.717, 1.165) is 0 Å². The summed E-state index contributed by atoms with van der Waals surface area (Å²) in [5, 5.41) is 9.54. The number of benzene rings is 1. The van der Waals surface area contributed by atoms with Crippen LogP contribution in [0.5, 0.6) is 17.2 Å². The molecule has 0 aromatic heterocycles. The van der Waals surface area contributed by atoms with Crippen molar-refractivity contribution in [2.24, 2.45) is 0 Å². The van der Waals surface area contributed by atoms with Crippen LogP contribution in [-0.4, -0.2) is 19.3 Å². The molecule has 78 valence electrons. The monoisotopic (exact) mass is 264 g/mol. The molecular formula is C9H10BrFO3. The van der Waals surface area contributed by atoms with Gasteiger partial charge in [-0.1, -0.05) is 0 Å². The predicted octanol–water partition coefficient (Wildman–Crippen LogP) is 2.64. The predicted molar refractivity (Wildman–Crippen MR) is 53.7 cm³/mol. The highest BCUT2D eigenvalue weighted by Crippen LogP contribution is 2.42. The minimum Gasteiger partial charge on any atom is -0.503 e. The number of ether oxygens (including phenoxy) is 2.